The summed E-state index contributed by atoms with van der Waals surface area (Å²) in [5.41, 5.74) is 0. The van der Waals surface area contributed by atoms with Gasteiger partial charge in [-0.15, -0.1) is 0 Å². The Morgan fingerprint density at radius 1 is 1.78 bits per heavy atom. The van der Waals surface area contributed by atoms with Crippen LogP contribution in [0.2, 0.25) is 0 Å². The van der Waals surface area contributed by atoms with E-state index in [-0.39, 0.29) is 11.8 Å². The predicted octanol–water partition coefficient (Wildman–Crippen LogP) is 1.12. The molecule has 9 heavy (non-hydrogen) atoms. The molecule has 0 unspecified atom stereocenters. The normalized spacial score (nSPS) is 12.7. The molecule has 0 amide bonds. The van der Waals surface area contributed by atoms with Crippen molar-refractivity contribution in [2.24, 2.45) is 4.99 Å². The number of aliphatic hydroxyl groups is 2. The first-order chi connectivity index (χ1) is 4.22. The number of hydrogen-bond acceptors (Lipinski definition) is 4. The van der Waals surface area contributed by atoms with Gasteiger partial charge in [0, 0.05) is 4.91 Å². The van der Waals surface area contributed by atoms with Crippen LogP contribution in [-0.4, -0.2) is 22.9 Å². The molecule has 4 heteroatoms. The topological polar surface area (TPSA) is 52.8 Å². The largest absolute Gasteiger partial charge is 0.493 e. The molecular formula is C5H9NO2S. The van der Waals surface area contributed by atoms with E-state index < -0.39 is 0 Å². The van der Waals surface area contributed by atoms with Crippen molar-refractivity contribution >= 4 is 18.5 Å². The highest BCUT2D eigenvalue weighted by atomic mass is 32.2. The van der Waals surface area contributed by atoms with E-state index in [0.29, 0.717) is 4.91 Å². The van der Waals surface area contributed by atoms with Crippen LogP contribution in [0.25, 0.3) is 0 Å². The second-order valence-corrected chi connectivity index (χ2v) is 2.47. The van der Waals surface area contributed by atoms with E-state index in [2.05, 4.69) is 11.7 Å². The lowest BCUT2D eigenvalue weighted by atomic mass is 10.6. The molecule has 0 radical (unpaired) electrons. The molecule has 0 rings (SSSR count). The fourth-order valence-electron chi connectivity index (χ4n) is 0.273. The first-order valence-electron chi connectivity index (χ1n) is 2.32. The molecule has 0 aromatic heterocycles. The molecule has 3 nitrogen and oxygen atoms in total. The third-order valence-corrected chi connectivity index (χ3v) is 1.49. The standard InChI is InChI=1S/C5H9NO2S/c1-4(9-3-7)5(8)6-2/h7-8H,2-3H2,1H3/b5-4+. The van der Waals surface area contributed by atoms with Gasteiger partial charge in [0.15, 0.2) is 0 Å². The number of thioether (sulfide) groups is 1. The molecule has 0 saturated heterocycles. The Hall–Kier alpha value is -0.480. The van der Waals surface area contributed by atoms with Crippen molar-refractivity contribution in [3.05, 3.63) is 10.8 Å². The number of allylic oxidation sites excluding steroid dienone is 1. The van der Waals surface area contributed by atoms with Crippen molar-refractivity contribution in [2.75, 3.05) is 5.94 Å². The van der Waals surface area contributed by atoms with Crippen LogP contribution in [0.4, 0.5) is 0 Å². The number of hydrogen-bond donors (Lipinski definition) is 2. The van der Waals surface area contributed by atoms with Crippen LogP contribution >= 0.6 is 11.8 Å². The summed E-state index contributed by atoms with van der Waals surface area (Å²) in [6.07, 6.45) is 0. The van der Waals surface area contributed by atoms with Crippen molar-refractivity contribution in [1.82, 2.24) is 0 Å². The zero-order chi connectivity index (χ0) is 7.28. The Labute approximate surface area is 58.1 Å². The second-order valence-electron chi connectivity index (χ2n) is 1.31. The van der Waals surface area contributed by atoms with Crippen molar-refractivity contribution in [3.8, 4) is 0 Å². The molecule has 0 aliphatic rings. The van der Waals surface area contributed by atoms with E-state index in [9.17, 15) is 0 Å². The van der Waals surface area contributed by atoms with Crippen LogP contribution in [0.15, 0.2) is 15.8 Å². The Balaban J connectivity index is 3.93. The van der Waals surface area contributed by atoms with Crippen molar-refractivity contribution < 1.29 is 10.2 Å². The lowest BCUT2D eigenvalue weighted by Gasteiger charge is -1.96. The molecule has 0 aliphatic carbocycles. The quantitative estimate of drug-likeness (QED) is 0.357. The first kappa shape index (κ1) is 8.52. The number of aliphatic hydroxyl groups excluding tert-OH is 2. The fraction of sp³-hybridized carbons (Fsp3) is 0.400. The van der Waals surface area contributed by atoms with Gasteiger partial charge in [0.2, 0.25) is 5.88 Å². The maximum atomic E-state index is 8.78. The molecule has 2 N–H and O–H groups in total. The maximum absolute atomic E-state index is 8.78. The molecule has 52 valence electrons. The molecule has 0 fully saturated rings. The lowest BCUT2D eigenvalue weighted by Crippen LogP contribution is -1.80. The minimum Gasteiger partial charge on any atom is -0.493 e. The Morgan fingerprint density at radius 2 is 2.33 bits per heavy atom. The first-order valence-corrected chi connectivity index (χ1v) is 3.31. The minimum atomic E-state index is -0.117. The summed E-state index contributed by atoms with van der Waals surface area (Å²) in [5.74, 6) is -0.167. The predicted molar refractivity (Wildman–Crippen MR) is 39.6 cm³/mol. The van der Waals surface area contributed by atoms with E-state index >= 15 is 0 Å². The Morgan fingerprint density at radius 3 is 2.67 bits per heavy atom. The smallest absolute Gasteiger partial charge is 0.219 e. The maximum Gasteiger partial charge on any atom is 0.219 e. The average Bonchev–Trinajstić information content (AvgIpc) is 1.87. The molecule has 0 spiro atoms. The lowest BCUT2D eigenvalue weighted by molar-refractivity contribution is 0.374. The van der Waals surface area contributed by atoms with Gasteiger partial charge >= 0.3 is 0 Å². The number of aliphatic imine (C=N–C) groups is 1. The summed E-state index contributed by atoms with van der Waals surface area (Å²) < 4.78 is 0. The SMILES string of the molecule is C=N/C(O)=C(/C)SCO. The Kier molecular flexibility index (Phi) is 4.17. The van der Waals surface area contributed by atoms with Gasteiger partial charge in [-0.3, -0.25) is 0 Å². The Bertz CT molecular complexity index is 133. The average molecular weight is 147 g/mol. The zero-order valence-electron chi connectivity index (χ0n) is 5.16. The van der Waals surface area contributed by atoms with E-state index in [1.807, 2.05) is 0 Å². The minimum absolute atomic E-state index is 0.0502. The van der Waals surface area contributed by atoms with Crippen LogP contribution in [0.1, 0.15) is 6.92 Å². The van der Waals surface area contributed by atoms with Gasteiger partial charge in [0.1, 0.15) is 0 Å². The molecular weight excluding hydrogens is 138 g/mol. The highest BCUT2D eigenvalue weighted by Crippen LogP contribution is 2.16. The van der Waals surface area contributed by atoms with Crippen molar-refractivity contribution in [1.29, 1.82) is 0 Å². The van der Waals surface area contributed by atoms with Gasteiger partial charge < -0.3 is 10.2 Å². The van der Waals surface area contributed by atoms with E-state index in [1.165, 1.54) is 0 Å². The monoisotopic (exact) mass is 147 g/mol. The summed E-state index contributed by atoms with van der Waals surface area (Å²) in [6, 6.07) is 0. The highest BCUT2D eigenvalue weighted by molar-refractivity contribution is 8.02. The molecule has 0 aromatic carbocycles. The second kappa shape index (κ2) is 4.40. The van der Waals surface area contributed by atoms with Crippen LogP contribution in [0, 0.1) is 0 Å². The molecule has 0 aromatic rings. The van der Waals surface area contributed by atoms with Gasteiger partial charge in [-0.1, -0.05) is 11.8 Å². The van der Waals surface area contributed by atoms with Crippen molar-refractivity contribution in [2.45, 2.75) is 6.92 Å². The van der Waals surface area contributed by atoms with Crippen LogP contribution in [-0.2, 0) is 0 Å². The molecule has 0 bridgehead atoms. The number of rotatable bonds is 3. The van der Waals surface area contributed by atoms with E-state index in [1.54, 1.807) is 6.92 Å². The van der Waals surface area contributed by atoms with E-state index in [4.69, 9.17) is 10.2 Å². The van der Waals surface area contributed by atoms with Crippen LogP contribution in [0.5, 0.6) is 0 Å². The summed E-state index contributed by atoms with van der Waals surface area (Å²) >= 11 is 1.12. The molecule has 0 saturated carbocycles. The van der Waals surface area contributed by atoms with Gasteiger partial charge in [0.25, 0.3) is 0 Å². The zero-order valence-corrected chi connectivity index (χ0v) is 5.98. The summed E-state index contributed by atoms with van der Waals surface area (Å²) in [6.45, 7) is 4.77. The third kappa shape index (κ3) is 3.16. The van der Waals surface area contributed by atoms with Gasteiger partial charge in [-0.2, -0.15) is 0 Å². The van der Waals surface area contributed by atoms with Crippen molar-refractivity contribution in [3.63, 3.8) is 0 Å². The summed E-state index contributed by atoms with van der Waals surface area (Å²) in [7, 11) is 0. The van der Waals surface area contributed by atoms with Gasteiger partial charge in [-0.05, 0) is 13.6 Å². The number of nitrogens with zero attached hydrogens (tertiary/aromatic N) is 1. The third-order valence-electron chi connectivity index (χ3n) is 0.746. The molecule has 0 heterocycles. The summed E-state index contributed by atoms with van der Waals surface area (Å²) in [5, 5.41) is 17.1. The highest BCUT2D eigenvalue weighted by Gasteiger charge is 1.94. The van der Waals surface area contributed by atoms with Gasteiger partial charge in [0.05, 0.1) is 5.94 Å². The van der Waals surface area contributed by atoms with Gasteiger partial charge in [-0.25, -0.2) is 4.99 Å². The summed E-state index contributed by atoms with van der Waals surface area (Å²) in [4.78, 5) is 3.84. The molecule has 0 aliphatic heterocycles. The molecule has 0 atom stereocenters. The van der Waals surface area contributed by atoms with Crippen LogP contribution < -0.4 is 0 Å². The fourth-order valence-corrected chi connectivity index (χ4v) is 0.660. The van der Waals surface area contributed by atoms with E-state index in [0.717, 1.165) is 11.8 Å². The van der Waals surface area contributed by atoms with Crippen LogP contribution in [0.3, 0.4) is 0 Å².